The minimum atomic E-state index is -0.290. The molecule has 2 aromatic carbocycles. The molecule has 0 saturated carbocycles. The molecule has 0 bridgehead atoms. The Morgan fingerprint density at radius 2 is 1.71 bits per heavy atom. The summed E-state index contributed by atoms with van der Waals surface area (Å²) in [7, 11) is 5.02. The van der Waals surface area contributed by atoms with Crippen LogP contribution in [0.15, 0.2) is 40.9 Å². The molecule has 2 aromatic rings. The molecular weight excluding hydrogens is 337 g/mol. The van der Waals surface area contributed by atoms with Gasteiger partial charge in [-0.2, -0.15) is 0 Å². The minimum Gasteiger partial charge on any atom is -0.496 e. The monoisotopic (exact) mass is 353 g/mol. The summed E-state index contributed by atoms with van der Waals surface area (Å²) in [6.45, 7) is 0. The maximum atomic E-state index is 13.6. The van der Waals surface area contributed by atoms with Gasteiger partial charge in [0.1, 0.15) is 17.3 Å². The van der Waals surface area contributed by atoms with Crippen LogP contribution in [-0.2, 0) is 0 Å². The molecule has 0 spiro atoms. The van der Waals surface area contributed by atoms with E-state index in [1.807, 2.05) is 25.2 Å². The van der Waals surface area contributed by atoms with E-state index in [4.69, 9.17) is 9.47 Å². The molecular formula is C16H17BrFNO2. The van der Waals surface area contributed by atoms with Crippen LogP contribution in [0, 0.1) is 5.82 Å². The number of ether oxygens (including phenoxy) is 2. The first-order valence-corrected chi connectivity index (χ1v) is 7.24. The summed E-state index contributed by atoms with van der Waals surface area (Å²) in [5, 5.41) is 3.20. The standard InChI is InChI=1S/C16H17BrFNO2/c1-19-16(11-9-10(18)7-8-12(11)17)15-13(20-2)5-4-6-14(15)21-3/h4-9,16,19H,1-3H3. The lowest BCUT2D eigenvalue weighted by molar-refractivity contribution is 0.378. The third-order valence-corrected chi connectivity index (χ3v) is 4.03. The van der Waals surface area contributed by atoms with Crippen LogP contribution in [-0.4, -0.2) is 21.3 Å². The van der Waals surface area contributed by atoms with Crippen molar-refractivity contribution < 1.29 is 13.9 Å². The van der Waals surface area contributed by atoms with Gasteiger partial charge < -0.3 is 14.8 Å². The van der Waals surface area contributed by atoms with Gasteiger partial charge in [-0.15, -0.1) is 0 Å². The molecule has 0 aliphatic heterocycles. The predicted octanol–water partition coefficient (Wildman–Crippen LogP) is 3.91. The zero-order valence-corrected chi connectivity index (χ0v) is 13.7. The molecule has 1 N–H and O–H groups in total. The van der Waals surface area contributed by atoms with Gasteiger partial charge in [0.15, 0.2) is 0 Å². The zero-order chi connectivity index (χ0) is 15.4. The molecule has 3 nitrogen and oxygen atoms in total. The zero-order valence-electron chi connectivity index (χ0n) is 12.1. The average molecular weight is 354 g/mol. The highest BCUT2D eigenvalue weighted by atomic mass is 79.9. The van der Waals surface area contributed by atoms with Crippen LogP contribution < -0.4 is 14.8 Å². The Morgan fingerprint density at radius 3 is 2.24 bits per heavy atom. The van der Waals surface area contributed by atoms with Crippen molar-refractivity contribution >= 4 is 15.9 Å². The number of hydrogen-bond donors (Lipinski definition) is 1. The number of nitrogens with one attached hydrogen (secondary N) is 1. The maximum absolute atomic E-state index is 13.6. The largest absolute Gasteiger partial charge is 0.496 e. The average Bonchev–Trinajstić information content (AvgIpc) is 2.51. The van der Waals surface area contributed by atoms with Crippen LogP contribution in [0.1, 0.15) is 17.2 Å². The second-order valence-electron chi connectivity index (χ2n) is 4.46. The Bertz CT molecular complexity index is 611. The molecule has 0 fully saturated rings. The topological polar surface area (TPSA) is 30.5 Å². The molecule has 1 unspecified atom stereocenters. The molecule has 0 amide bonds. The number of hydrogen-bond acceptors (Lipinski definition) is 3. The first-order valence-electron chi connectivity index (χ1n) is 6.45. The third kappa shape index (κ3) is 3.19. The fourth-order valence-corrected chi connectivity index (χ4v) is 2.83. The molecule has 0 heterocycles. The number of rotatable bonds is 5. The maximum Gasteiger partial charge on any atom is 0.127 e. The van der Waals surface area contributed by atoms with Crippen molar-refractivity contribution in [1.29, 1.82) is 0 Å². The van der Waals surface area contributed by atoms with Crippen molar-refractivity contribution in [1.82, 2.24) is 5.32 Å². The van der Waals surface area contributed by atoms with Gasteiger partial charge in [0.25, 0.3) is 0 Å². The quantitative estimate of drug-likeness (QED) is 0.883. The molecule has 2 rings (SSSR count). The predicted molar refractivity (Wildman–Crippen MR) is 84.5 cm³/mol. The van der Waals surface area contributed by atoms with E-state index in [1.165, 1.54) is 12.1 Å². The summed E-state index contributed by atoms with van der Waals surface area (Å²) >= 11 is 3.47. The molecule has 5 heteroatoms. The van der Waals surface area contributed by atoms with Crippen LogP contribution in [0.25, 0.3) is 0 Å². The van der Waals surface area contributed by atoms with Gasteiger partial charge in [-0.3, -0.25) is 0 Å². The van der Waals surface area contributed by atoms with Crippen LogP contribution in [0.5, 0.6) is 11.5 Å². The molecule has 0 radical (unpaired) electrons. The SMILES string of the molecule is CNC(c1cc(F)ccc1Br)c1c(OC)cccc1OC. The molecule has 1 atom stereocenters. The highest BCUT2D eigenvalue weighted by molar-refractivity contribution is 9.10. The highest BCUT2D eigenvalue weighted by Crippen LogP contribution is 2.39. The minimum absolute atomic E-state index is 0.263. The summed E-state index contributed by atoms with van der Waals surface area (Å²) < 4.78 is 25.3. The van der Waals surface area contributed by atoms with E-state index >= 15 is 0 Å². The molecule has 0 aliphatic rings. The van der Waals surface area contributed by atoms with Gasteiger partial charge in [0.05, 0.1) is 25.8 Å². The Hall–Kier alpha value is -1.59. The second kappa shape index (κ2) is 6.91. The van der Waals surface area contributed by atoms with Gasteiger partial charge in [-0.05, 0) is 42.9 Å². The Labute approximate surface area is 132 Å². The first kappa shape index (κ1) is 15.8. The highest BCUT2D eigenvalue weighted by Gasteiger charge is 2.23. The lowest BCUT2D eigenvalue weighted by Crippen LogP contribution is -2.20. The van der Waals surface area contributed by atoms with Crippen molar-refractivity contribution in [2.24, 2.45) is 0 Å². The number of methoxy groups -OCH3 is 2. The lowest BCUT2D eigenvalue weighted by Gasteiger charge is -2.23. The van der Waals surface area contributed by atoms with Crippen molar-refractivity contribution in [2.75, 3.05) is 21.3 Å². The van der Waals surface area contributed by atoms with Crippen LogP contribution in [0.4, 0.5) is 4.39 Å². The van der Waals surface area contributed by atoms with Crippen LogP contribution >= 0.6 is 15.9 Å². The van der Waals surface area contributed by atoms with Crippen molar-refractivity contribution in [3.8, 4) is 11.5 Å². The van der Waals surface area contributed by atoms with E-state index in [0.29, 0.717) is 11.5 Å². The van der Waals surface area contributed by atoms with Gasteiger partial charge in [0, 0.05) is 4.47 Å². The molecule has 0 aromatic heterocycles. The molecule has 112 valence electrons. The fourth-order valence-electron chi connectivity index (χ4n) is 2.36. The number of benzene rings is 2. The van der Waals surface area contributed by atoms with Crippen LogP contribution in [0.3, 0.4) is 0 Å². The second-order valence-corrected chi connectivity index (χ2v) is 5.32. The van der Waals surface area contributed by atoms with E-state index in [0.717, 1.165) is 15.6 Å². The summed E-state index contributed by atoms with van der Waals surface area (Å²) in [5.41, 5.74) is 1.61. The van der Waals surface area contributed by atoms with Gasteiger partial charge in [0.2, 0.25) is 0 Å². The molecule has 21 heavy (non-hydrogen) atoms. The summed E-state index contributed by atoms with van der Waals surface area (Å²) in [6.07, 6.45) is 0. The molecule has 0 aliphatic carbocycles. The lowest BCUT2D eigenvalue weighted by atomic mass is 9.97. The van der Waals surface area contributed by atoms with Crippen molar-refractivity contribution in [3.63, 3.8) is 0 Å². The Kier molecular flexibility index (Phi) is 5.20. The third-order valence-electron chi connectivity index (χ3n) is 3.31. The first-order chi connectivity index (χ1) is 10.1. The van der Waals surface area contributed by atoms with E-state index in [9.17, 15) is 4.39 Å². The smallest absolute Gasteiger partial charge is 0.127 e. The van der Waals surface area contributed by atoms with E-state index < -0.39 is 0 Å². The fraction of sp³-hybridized carbons (Fsp3) is 0.250. The Morgan fingerprint density at radius 1 is 1.10 bits per heavy atom. The Balaban J connectivity index is 2.63. The molecule has 0 saturated heterocycles. The van der Waals surface area contributed by atoms with Gasteiger partial charge >= 0.3 is 0 Å². The van der Waals surface area contributed by atoms with E-state index in [1.54, 1.807) is 20.3 Å². The van der Waals surface area contributed by atoms with Crippen molar-refractivity contribution in [2.45, 2.75) is 6.04 Å². The summed E-state index contributed by atoms with van der Waals surface area (Å²) in [6, 6.07) is 9.91. The van der Waals surface area contributed by atoms with E-state index in [2.05, 4.69) is 21.2 Å². The summed E-state index contributed by atoms with van der Waals surface area (Å²) in [4.78, 5) is 0. The van der Waals surface area contributed by atoms with Gasteiger partial charge in [-0.1, -0.05) is 22.0 Å². The summed E-state index contributed by atoms with van der Waals surface area (Å²) in [5.74, 6) is 1.08. The number of halogens is 2. The van der Waals surface area contributed by atoms with Gasteiger partial charge in [-0.25, -0.2) is 4.39 Å². The van der Waals surface area contributed by atoms with Crippen LogP contribution in [0.2, 0.25) is 0 Å². The normalized spacial score (nSPS) is 12.0. The van der Waals surface area contributed by atoms with E-state index in [-0.39, 0.29) is 11.9 Å². The van der Waals surface area contributed by atoms with Crippen molar-refractivity contribution in [3.05, 3.63) is 57.8 Å².